The van der Waals surface area contributed by atoms with Crippen molar-refractivity contribution in [1.82, 2.24) is 0 Å². The summed E-state index contributed by atoms with van der Waals surface area (Å²) in [6.07, 6.45) is -0.793. The third-order valence-corrected chi connectivity index (χ3v) is 6.03. The van der Waals surface area contributed by atoms with Crippen LogP contribution in [0, 0.1) is 17.6 Å². The summed E-state index contributed by atoms with van der Waals surface area (Å²) in [5, 5.41) is 11.2. The molecule has 2 fully saturated rings. The minimum Gasteiger partial charge on any atom is -0.459 e. The lowest BCUT2D eigenvalue weighted by Gasteiger charge is -2.39. The highest BCUT2D eigenvalue weighted by atomic mass is 19.3. The lowest BCUT2D eigenvalue weighted by molar-refractivity contribution is -0.896. The van der Waals surface area contributed by atoms with Crippen LogP contribution >= 0.6 is 0 Å². The van der Waals surface area contributed by atoms with Crippen molar-refractivity contribution in [3.05, 3.63) is 35.4 Å². The van der Waals surface area contributed by atoms with Crippen molar-refractivity contribution >= 4 is 5.97 Å². The second-order valence-corrected chi connectivity index (χ2v) is 8.67. The molecule has 0 radical (unpaired) electrons. The Labute approximate surface area is 161 Å². The number of esters is 1. The molecule has 0 unspecified atom stereocenters. The molecule has 0 amide bonds. The molecule has 28 heavy (non-hydrogen) atoms. The van der Waals surface area contributed by atoms with E-state index in [-0.39, 0.29) is 6.42 Å². The molecule has 3 rings (SSSR count). The number of hydrogen-bond acceptors (Lipinski definition) is 3. The van der Waals surface area contributed by atoms with Crippen LogP contribution in [0.3, 0.4) is 0 Å². The second kappa shape index (κ2) is 7.30. The van der Waals surface area contributed by atoms with Crippen molar-refractivity contribution in [2.75, 3.05) is 27.2 Å². The number of carbonyl (C=O) groups is 1. The number of halogens is 4. The number of nitrogens with zero attached hydrogens (tertiary/aromatic N) is 1. The monoisotopic (exact) mass is 404 g/mol. The summed E-state index contributed by atoms with van der Waals surface area (Å²) in [4.78, 5) is 12.9. The van der Waals surface area contributed by atoms with E-state index in [2.05, 4.69) is 0 Å². The predicted molar refractivity (Wildman–Crippen MR) is 93.5 cm³/mol. The first-order valence-electron chi connectivity index (χ1n) is 9.52. The van der Waals surface area contributed by atoms with Gasteiger partial charge >= 0.3 is 5.97 Å². The maximum atomic E-state index is 14.4. The number of aliphatic hydroxyl groups is 1. The second-order valence-electron chi connectivity index (χ2n) is 8.67. The Morgan fingerprint density at radius 2 is 1.86 bits per heavy atom. The molecule has 1 aliphatic heterocycles. The number of ether oxygens (including phenoxy) is 1. The van der Waals surface area contributed by atoms with Gasteiger partial charge < -0.3 is 14.3 Å². The first-order chi connectivity index (χ1) is 12.9. The summed E-state index contributed by atoms with van der Waals surface area (Å²) in [6.45, 7) is 1.51. The molecule has 1 aliphatic carbocycles. The maximum Gasteiger partial charge on any atom is 0.343 e. The molecule has 1 aromatic carbocycles. The number of piperidine rings is 1. The van der Waals surface area contributed by atoms with Crippen LogP contribution in [-0.4, -0.2) is 54.8 Å². The Balaban J connectivity index is 1.89. The lowest BCUT2D eigenvalue weighted by atomic mass is 9.79. The van der Waals surface area contributed by atoms with E-state index in [1.165, 1.54) is 0 Å². The van der Waals surface area contributed by atoms with Crippen LogP contribution in [0.4, 0.5) is 17.6 Å². The molecule has 0 spiro atoms. The van der Waals surface area contributed by atoms with E-state index in [1.54, 1.807) is 0 Å². The average molecular weight is 404 g/mol. The summed E-state index contributed by atoms with van der Waals surface area (Å²) < 4.78 is 61.6. The number of hydrogen-bond donors (Lipinski definition) is 1. The van der Waals surface area contributed by atoms with E-state index in [0.717, 1.165) is 29.7 Å². The maximum absolute atomic E-state index is 14.4. The van der Waals surface area contributed by atoms with Gasteiger partial charge in [0, 0.05) is 43.2 Å². The Hall–Kier alpha value is -1.67. The highest BCUT2D eigenvalue weighted by Crippen LogP contribution is 2.48. The van der Waals surface area contributed by atoms with Gasteiger partial charge in [0.1, 0.15) is 17.7 Å². The first kappa shape index (κ1) is 21.0. The molecule has 1 saturated carbocycles. The predicted octanol–water partition coefficient (Wildman–Crippen LogP) is 3.37. The first-order valence-corrected chi connectivity index (χ1v) is 9.52. The summed E-state index contributed by atoms with van der Waals surface area (Å²) in [5.41, 5.74) is -3.10. The van der Waals surface area contributed by atoms with E-state index in [1.807, 2.05) is 14.1 Å². The highest BCUT2D eigenvalue weighted by molar-refractivity contribution is 5.82. The molecule has 2 aliphatic rings. The number of quaternary nitrogens is 1. The fourth-order valence-electron chi connectivity index (χ4n) is 4.20. The van der Waals surface area contributed by atoms with Crippen molar-refractivity contribution in [2.24, 2.45) is 5.92 Å². The van der Waals surface area contributed by atoms with Crippen molar-refractivity contribution in [3.8, 4) is 0 Å². The zero-order valence-corrected chi connectivity index (χ0v) is 16.1. The van der Waals surface area contributed by atoms with Gasteiger partial charge in [-0.3, -0.25) is 0 Å². The smallest absolute Gasteiger partial charge is 0.343 e. The molecule has 1 heterocycles. The lowest BCUT2D eigenvalue weighted by Crippen LogP contribution is -2.51. The van der Waals surface area contributed by atoms with Gasteiger partial charge in [-0.15, -0.1) is 0 Å². The van der Waals surface area contributed by atoms with Gasteiger partial charge in [0.05, 0.1) is 27.2 Å². The minimum atomic E-state index is -3.05. The molecular weight excluding hydrogens is 378 g/mol. The molecule has 1 aromatic rings. The van der Waals surface area contributed by atoms with Crippen LogP contribution in [0.2, 0.25) is 0 Å². The third-order valence-electron chi connectivity index (χ3n) is 6.03. The Morgan fingerprint density at radius 3 is 2.39 bits per heavy atom. The number of likely N-dealkylation sites (tertiary alicyclic amines) is 1. The van der Waals surface area contributed by atoms with Crippen LogP contribution < -0.4 is 0 Å². The quantitative estimate of drug-likeness (QED) is 0.476. The minimum absolute atomic E-state index is 0.163. The van der Waals surface area contributed by atoms with Crippen molar-refractivity contribution in [1.29, 1.82) is 0 Å². The van der Waals surface area contributed by atoms with Crippen LogP contribution in [0.1, 0.15) is 37.7 Å². The molecule has 2 atom stereocenters. The van der Waals surface area contributed by atoms with Crippen LogP contribution in [-0.2, 0) is 15.1 Å². The standard InChI is InChI=1S/C20H26F4NO3/c1-25(2)9-6-15(7-10-25)28-18(26)20(27,13-5-8-19(23,24)12-13)16-4-3-14(21)11-17(16)22/h3-4,11,13,15,27H,5-10,12H2,1-2H3/q+1/t13-,20-/m1/s1. The molecule has 8 heteroatoms. The van der Waals surface area contributed by atoms with Crippen LogP contribution in [0.5, 0.6) is 0 Å². The zero-order valence-electron chi connectivity index (χ0n) is 16.1. The van der Waals surface area contributed by atoms with Gasteiger partial charge in [-0.05, 0) is 18.6 Å². The fraction of sp³-hybridized carbons (Fsp3) is 0.650. The molecule has 156 valence electrons. The average Bonchev–Trinajstić information content (AvgIpc) is 2.96. The third kappa shape index (κ3) is 4.17. The van der Waals surface area contributed by atoms with E-state index < -0.39 is 59.6 Å². The summed E-state index contributed by atoms with van der Waals surface area (Å²) in [6, 6.07) is 2.36. The van der Waals surface area contributed by atoms with Gasteiger partial charge in [-0.2, -0.15) is 0 Å². The molecule has 0 bridgehead atoms. The van der Waals surface area contributed by atoms with Crippen molar-refractivity contribution in [2.45, 2.75) is 49.7 Å². The Bertz CT molecular complexity index is 745. The van der Waals surface area contributed by atoms with E-state index in [4.69, 9.17) is 4.74 Å². The summed E-state index contributed by atoms with van der Waals surface area (Å²) >= 11 is 0. The fourth-order valence-corrected chi connectivity index (χ4v) is 4.20. The number of alkyl halides is 2. The highest BCUT2D eigenvalue weighted by Gasteiger charge is 2.56. The van der Waals surface area contributed by atoms with Crippen LogP contribution in [0.15, 0.2) is 18.2 Å². The van der Waals surface area contributed by atoms with Gasteiger partial charge in [0.2, 0.25) is 5.92 Å². The molecule has 0 aromatic heterocycles. The van der Waals surface area contributed by atoms with Crippen molar-refractivity contribution < 1.29 is 36.7 Å². The van der Waals surface area contributed by atoms with E-state index >= 15 is 0 Å². The van der Waals surface area contributed by atoms with E-state index in [9.17, 15) is 27.5 Å². The molecule has 1 saturated heterocycles. The Morgan fingerprint density at radius 1 is 1.21 bits per heavy atom. The SMILES string of the molecule is C[N+]1(C)CCC(OC(=O)[C@](O)(c2ccc(F)cc2F)[C@@H]2CCC(F)(F)C2)CC1. The topological polar surface area (TPSA) is 46.5 Å². The number of rotatable bonds is 4. The normalized spacial score (nSPS) is 26.6. The number of benzene rings is 1. The molecular formula is C20H26F4NO3+. The zero-order chi connectivity index (χ0) is 20.7. The van der Waals surface area contributed by atoms with Gasteiger partial charge in [-0.1, -0.05) is 0 Å². The summed E-state index contributed by atoms with van der Waals surface area (Å²) in [7, 11) is 4.09. The van der Waals surface area contributed by atoms with Gasteiger partial charge in [0.25, 0.3) is 0 Å². The summed E-state index contributed by atoms with van der Waals surface area (Å²) in [5.74, 6) is -7.46. The number of carbonyl (C=O) groups excluding carboxylic acids is 1. The molecule has 4 nitrogen and oxygen atoms in total. The van der Waals surface area contributed by atoms with Gasteiger partial charge in [-0.25, -0.2) is 22.4 Å². The largest absolute Gasteiger partial charge is 0.459 e. The van der Waals surface area contributed by atoms with Crippen molar-refractivity contribution in [3.63, 3.8) is 0 Å². The van der Waals surface area contributed by atoms with Gasteiger partial charge in [0.15, 0.2) is 5.60 Å². The van der Waals surface area contributed by atoms with Crippen LogP contribution in [0.25, 0.3) is 0 Å². The molecule has 1 N–H and O–H groups in total. The Kier molecular flexibility index (Phi) is 5.49. The van der Waals surface area contributed by atoms with E-state index in [0.29, 0.717) is 18.9 Å².